The van der Waals surface area contributed by atoms with Crippen molar-refractivity contribution in [3.05, 3.63) is 77.2 Å². The van der Waals surface area contributed by atoms with Gasteiger partial charge < -0.3 is 24.7 Å². The molecular formula is C22H24N4O2. The predicted octanol–water partition coefficient (Wildman–Crippen LogP) is 2.61. The molecule has 0 saturated carbocycles. The van der Waals surface area contributed by atoms with Crippen LogP contribution < -0.4 is 31.0 Å². The molecular weight excluding hydrogens is 352 g/mol. The maximum absolute atomic E-state index is 6.56. The van der Waals surface area contributed by atoms with Crippen molar-refractivity contribution in [2.45, 2.75) is 13.1 Å². The maximum atomic E-state index is 6.56. The van der Waals surface area contributed by atoms with Crippen LogP contribution in [0.3, 0.4) is 0 Å². The Kier molecular flexibility index (Phi) is 4.69. The highest BCUT2D eigenvalue weighted by Gasteiger charge is 2.27. The second-order valence-electron chi connectivity index (χ2n) is 6.81. The fourth-order valence-electron chi connectivity index (χ4n) is 3.34. The van der Waals surface area contributed by atoms with E-state index in [0.29, 0.717) is 18.0 Å². The van der Waals surface area contributed by atoms with E-state index in [4.69, 9.17) is 19.9 Å². The molecule has 0 saturated heterocycles. The third kappa shape index (κ3) is 3.17. The van der Waals surface area contributed by atoms with Crippen LogP contribution in [-0.4, -0.2) is 20.7 Å². The molecule has 1 aromatic heterocycles. The summed E-state index contributed by atoms with van der Waals surface area (Å²) in [4.78, 5) is 8.92. The Balaban J connectivity index is 1.80. The highest BCUT2D eigenvalue weighted by atomic mass is 16.5. The van der Waals surface area contributed by atoms with E-state index in [0.717, 1.165) is 27.9 Å². The first kappa shape index (κ1) is 18.0. The van der Waals surface area contributed by atoms with Gasteiger partial charge in [0.15, 0.2) is 6.17 Å². The van der Waals surface area contributed by atoms with E-state index in [1.807, 2.05) is 56.3 Å². The summed E-state index contributed by atoms with van der Waals surface area (Å²) in [5, 5.41) is 0.805. The number of ether oxygens (including phenoxy) is 1. The van der Waals surface area contributed by atoms with E-state index < -0.39 is 0 Å². The second-order valence-corrected chi connectivity index (χ2v) is 6.81. The Morgan fingerprint density at radius 3 is 2.43 bits per heavy atom. The molecule has 1 unspecified atom stereocenters. The van der Waals surface area contributed by atoms with Gasteiger partial charge >= 0.3 is 0 Å². The Morgan fingerprint density at radius 1 is 1.07 bits per heavy atom. The third-order valence-corrected chi connectivity index (χ3v) is 4.80. The van der Waals surface area contributed by atoms with Crippen molar-refractivity contribution in [3.8, 4) is 5.75 Å². The van der Waals surface area contributed by atoms with E-state index in [-0.39, 0.29) is 6.17 Å². The molecule has 0 fully saturated rings. The van der Waals surface area contributed by atoms with E-state index in [1.165, 1.54) is 0 Å². The van der Waals surface area contributed by atoms with Crippen LogP contribution in [0.5, 0.6) is 5.75 Å². The number of nitrogens with zero attached hydrogens (tertiary/aromatic N) is 3. The summed E-state index contributed by atoms with van der Waals surface area (Å²) in [5.41, 5.74) is 10.2. The molecule has 2 aromatic carbocycles. The number of fused-ring (bicyclic) bond motifs is 1. The Hall–Kier alpha value is -3.41. The Labute approximate surface area is 164 Å². The highest BCUT2D eigenvalue weighted by molar-refractivity contribution is 5.70. The van der Waals surface area contributed by atoms with Gasteiger partial charge in [0.2, 0.25) is 5.55 Å². The van der Waals surface area contributed by atoms with Gasteiger partial charge in [0.05, 0.1) is 18.1 Å². The average Bonchev–Trinajstić information content (AvgIpc) is 3.18. The van der Waals surface area contributed by atoms with Gasteiger partial charge in [0.1, 0.15) is 11.6 Å². The quantitative estimate of drug-likeness (QED) is 0.741. The van der Waals surface area contributed by atoms with Gasteiger partial charge in [0, 0.05) is 25.5 Å². The largest absolute Gasteiger partial charge is 0.494 e. The van der Waals surface area contributed by atoms with Gasteiger partial charge in [-0.25, -0.2) is 4.99 Å². The minimum atomic E-state index is -0.320. The summed E-state index contributed by atoms with van der Waals surface area (Å²) < 4.78 is 11.1. The number of hydrogen-bond donors (Lipinski definition) is 1. The molecule has 144 valence electrons. The number of rotatable bonds is 5. The van der Waals surface area contributed by atoms with Gasteiger partial charge in [-0.1, -0.05) is 12.1 Å². The van der Waals surface area contributed by atoms with Crippen LogP contribution in [0.15, 0.2) is 70.3 Å². The first-order valence-electron chi connectivity index (χ1n) is 9.29. The van der Waals surface area contributed by atoms with Crippen molar-refractivity contribution < 1.29 is 9.15 Å². The molecule has 0 bridgehead atoms. The topological polar surface area (TPSA) is 67.2 Å². The van der Waals surface area contributed by atoms with Crippen LogP contribution in [0.25, 0.3) is 5.82 Å². The maximum Gasteiger partial charge on any atom is 0.227 e. The lowest BCUT2D eigenvalue weighted by molar-refractivity contribution is 0.340. The van der Waals surface area contributed by atoms with Gasteiger partial charge in [-0.3, -0.25) is 0 Å². The van der Waals surface area contributed by atoms with Crippen molar-refractivity contribution in [1.29, 1.82) is 0 Å². The summed E-state index contributed by atoms with van der Waals surface area (Å²) in [6.45, 7) is 2.60. The smallest absolute Gasteiger partial charge is 0.227 e. The summed E-state index contributed by atoms with van der Waals surface area (Å²) >= 11 is 0. The van der Waals surface area contributed by atoms with Gasteiger partial charge in [-0.15, -0.1) is 0 Å². The summed E-state index contributed by atoms with van der Waals surface area (Å²) in [6, 6.07) is 18.1. The fraction of sp³-hybridized carbons (Fsp3) is 0.227. The molecule has 0 spiro atoms. The fourth-order valence-corrected chi connectivity index (χ4v) is 3.34. The number of anilines is 2. The number of nitrogens with two attached hydrogens (primary N) is 1. The first-order chi connectivity index (χ1) is 13.6. The Morgan fingerprint density at radius 2 is 1.79 bits per heavy atom. The molecule has 6 nitrogen and oxygen atoms in total. The lowest BCUT2D eigenvalue weighted by atomic mass is 10.1. The average molecular weight is 376 g/mol. The van der Waals surface area contributed by atoms with E-state index >= 15 is 0 Å². The first-order valence-corrected chi connectivity index (χ1v) is 9.29. The summed E-state index contributed by atoms with van der Waals surface area (Å²) in [7, 11) is 4.04. The summed E-state index contributed by atoms with van der Waals surface area (Å²) in [6.07, 6.45) is 1.30. The molecule has 0 amide bonds. The number of hydrogen-bond acceptors (Lipinski definition) is 6. The van der Waals surface area contributed by atoms with Gasteiger partial charge in [-0.05, 0) is 55.0 Å². The standard InChI is InChI=1S/C22H24N4O2/c1-4-27-18-11-5-15(6-12-18)21-24-22-19(13-14-28-22)20(23)26(21)17-9-7-16(8-10-17)25(2)3/h5-14,21H,4,23H2,1-3H3. The minimum Gasteiger partial charge on any atom is -0.494 e. The Bertz CT molecular complexity index is 1070. The molecule has 1 atom stereocenters. The molecule has 0 aliphatic carbocycles. The zero-order valence-corrected chi connectivity index (χ0v) is 16.3. The lowest BCUT2D eigenvalue weighted by Gasteiger charge is -2.33. The molecule has 1 aliphatic rings. The van der Waals surface area contributed by atoms with Crippen molar-refractivity contribution in [2.24, 2.45) is 10.7 Å². The molecule has 2 N–H and O–H groups in total. The normalized spacial score (nSPS) is 15.8. The van der Waals surface area contributed by atoms with Gasteiger partial charge in [-0.2, -0.15) is 0 Å². The molecule has 2 heterocycles. The van der Waals surface area contributed by atoms with E-state index in [1.54, 1.807) is 6.26 Å². The molecule has 0 radical (unpaired) electrons. The SMILES string of the molecule is CCOc1ccc(C2N=c3occc3=C(N)N2c2ccc(N(C)C)cc2)cc1. The van der Waals surface area contributed by atoms with Crippen LogP contribution in [0.1, 0.15) is 18.7 Å². The minimum absolute atomic E-state index is 0.320. The van der Waals surface area contributed by atoms with Crippen LogP contribution in [0.4, 0.5) is 11.4 Å². The van der Waals surface area contributed by atoms with Crippen molar-refractivity contribution >= 4 is 17.2 Å². The predicted molar refractivity (Wildman–Crippen MR) is 111 cm³/mol. The van der Waals surface area contributed by atoms with E-state index in [2.05, 4.69) is 29.2 Å². The zero-order valence-electron chi connectivity index (χ0n) is 16.3. The third-order valence-electron chi connectivity index (χ3n) is 4.80. The molecule has 3 aromatic rings. The molecule has 6 heteroatoms. The van der Waals surface area contributed by atoms with Crippen LogP contribution in [0, 0.1) is 0 Å². The van der Waals surface area contributed by atoms with Crippen LogP contribution in [0.2, 0.25) is 0 Å². The van der Waals surface area contributed by atoms with E-state index in [9.17, 15) is 0 Å². The molecule has 28 heavy (non-hydrogen) atoms. The summed E-state index contributed by atoms with van der Waals surface area (Å²) in [5.74, 6) is 1.45. The van der Waals surface area contributed by atoms with Crippen LogP contribution in [-0.2, 0) is 0 Å². The number of furan rings is 1. The monoisotopic (exact) mass is 376 g/mol. The lowest BCUT2D eigenvalue weighted by Crippen LogP contribution is -2.43. The number of benzene rings is 2. The van der Waals surface area contributed by atoms with Gasteiger partial charge in [0.25, 0.3) is 0 Å². The molecule has 1 aliphatic heterocycles. The zero-order chi connectivity index (χ0) is 19.7. The van der Waals surface area contributed by atoms with Crippen molar-refractivity contribution in [2.75, 3.05) is 30.5 Å². The van der Waals surface area contributed by atoms with Crippen molar-refractivity contribution in [1.82, 2.24) is 0 Å². The second kappa shape index (κ2) is 7.31. The van der Waals surface area contributed by atoms with Crippen LogP contribution >= 0.6 is 0 Å². The van der Waals surface area contributed by atoms with Crippen molar-refractivity contribution in [3.63, 3.8) is 0 Å². The molecule has 4 rings (SSSR count). The highest BCUT2D eigenvalue weighted by Crippen LogP contribution is 2.33.